The summed E-state index contributed by atoms with van der Waals surface area (Å²) in [5, 5.41) is 20.8. The predicted molar refractivity (Wildman–Crippen MR) is 68.3 cm³/mol. The summed E-state index contributed by atoms with van der Waals surface area (Å²) in [5.41, 5.74) is 0.992. The zero-order valence-electron chi connectivity index (χ0n) is 10.6. The van der Waals surface area contributed by atoms with Crippen LogP contribution in [0, 0.1) is 23.1 Å². The first kappa shape index (κ1) is 14.6. The van der Waals surface area contributed by atoms with E-state index in [4.69, 9.17) is 10.4 Å². The van der Waals surface area contributed by atoms with Crippen LogP contribution in [0.15, 0.2) is 18.2 Å². The van der Waals surface area contributed by atoms with Crippen LogP contribution in [0.4, 0.5) is 4.39 Å². The molecule has 0 saturated carbocycles. The predicted octanol–water partition coefficient (Wildman–Crippen LogP) is 2.20. The Hall–Kier alpha value is -1.44. The summed E-state index contributed by atoms with van der Waals surface area (Å²) in [5.74, 6) is -0.138. The van der Waals surface area contributed by atoms with Crippen molar-refractivity contribution in [2.24, 2.45) is 5.92 Å². The Balaban J connectivity index is 2.30. The molecule has 18 heavy (non-hydrogen) atoms. The van der Waals surface area contributed by atoms with Crippen LogP contribution in [0.3, 0.4) is 0 Å². The Morgan fingerprint density at radius 2 is 2.28 bits per heavy atom. The van der Waals surface area contributed by atoms with Gasteiger partial charge in [-0.25, -0.2) is 4.39 Å². The van der Waals surface area contributed by atoms with Crippen LogP contribution in [0.2, 0.25) is 0 Å². The van der Waals surface area contributed by atoms with Crippen molar-refractivity contribution in [2.75, 3.05) is 13.2 Å². The fraction of sp³-hybridized carbons (Fsp3) is 0.500. The highest BCUT2D eigenvalue weighted by atomic mass is 19.1. The number of aliphatic hydroxyl groups excluding tert-OH is 1. The molecule has 0 fully saturated rings. The third-order valence-electron chi connectivity index (χ3n) is 2.84. The molecule has 4 heteroatoms. The van der Waals surface area contributed by atoms with Crippen molar-refractivity contribution in [1.29, 1.82) is 5.26 Å². The van der Waals surface area contributed by atoms with Crippen molar-refractivity contribution in [3.05, 3.63) is 35.1 Å². The van der Waals surface area contributed by atoms with Gasteiger partial charge in [-0.3, -0.25) is 0 Å². The maximum Gasteiger partial charge on any atom is 0.140 e. The lowest BCUT2D eigenvalue weighted by atomic mass is 10.1. The molecular formula is C14H19FN2O. The summed E-state index contributed by atoms with van der Waals surface area (Å²) in [6.45, 7) is 3.72. The first-order valence-corrected chi connectivity index (χ1v) is 6.17. The Morgan fingerprint density at radius 3 is 2.94 bits per heavy atom. The maximum absolute atomic E-state index is 13.1. The second kappa shape index (κ2) is 7.80. The number of nitriles is 1. The van der Waals surface area contributed by atoms with Crippen LogP contribution in [0.1, 0.15) is 30.9 Å². The van der Waals surface area contributed by atoms with E-state index in [1.54, 1.807) is 12.1 Å². The molecule has 98 valence electrons. The first-order chi connectivity index (χ1) is 8.67. The summed E-state index contributed by atoms with van der Waals surface area (Å²) in [6, 6.07) is 6.40. The molecule has 0 aliphatic heterocycles. The summed E-state index contributed by atoms with van der Waals surface area (Å²) in [6.07, 6.45) is 1.98. The molecule has 0 spiro atoms. The van der Waals surface area contributed by atoms with Gasteiger partial charge in [0.25, 0.3) is 0 Å². The van der Waals surface area contributed by atoms with Gasteiger partial charge in [0.1, 0.15) is 11.9 Å². The Bertz CT molecular complexity index is 415. The number of aliphatic hydroxyl groups is 1. The monoisotopic (exact) mass is 250 g/mol. The molecule has 1 unspecified atom stereocenters. The minimum absolute atomic E-state index is 0.0863. The van der Waals surface area contributed by atoms with E-state index < -0.39 is 5.82 Å². The highest BCUT2D eigenvalue weighted by molar-refractivity contribution is 5.34. The van der Waals surface area contributed by atoms with E-state index in [1.807, 2.05) is 13.0 Å². The molecule has 0 saturated heterocycles. The molecule has 1 aromatic carbocycles. The summed E-state index contributed by atoms with van der Waals surface area (Å²) >= 11 is 0. The molecule has 0 bridgehead atoms. The average Bonchev–Trinajstić information content (AvgIpc) is 2.39. The largest absolute Gasteiger partial charge is 0.396 e. The van der Waals surface area contributed by atoms with Gasteiger partial charge in [0.05, 0.1) is 5.56 Å². The van der Waals surface area contributed by atoms with Crippen molar-refractivity contribution in [3.63, 3.8) is 0 Å². The Labute approximate surface area is 107 Å². The molecule has 0 aromatic heterocycles. The van der Waals surface area contributed by atoms with E-state index in [0.29, 0.717) is 12.5 Å². The zero-order chi connectivity index (χ0) is 13.4. The molecule has 0 amide bonds. The minimum atomic E-state index is -0.474. The van der Waals surface area contributed by atoms with Gasteiger partial charge in [-0.15, -0.1) is 0 Å². The number of hydrogen-bond acceptors (Lipinski definition) is 3. The molecule has 0 radical (unpaired) electrons. The fourth-order valence-corrected chi connectivity index (χ4v) is 1.67. The van der Waals surface area contributed by atoms with Gasteiger partial charge in [-0.1, -0.05) is 13.0 Å². The quantitative estimate of drug-likeness (QED) is 0.729. The van der Waals surface area contributed by atoms with Gasteiger partial charge in [0.15, 0.2) is 0 Å². The third kappa shape index (κ3) is 4.82. The second-order valence-electron chi connectivity index (χ2n) is 4.53. The van der Waals surface area contributed by atoms with Gasteiger partial charge in [-0.05, 0) is 43.0 Å². The SMILES string of the molecule is CC(CO)CCCNCc1ccc(F)c(C#N)c1. The van der Waals surface area contributed by atoms with Crippen LogP contribution < -0.4 is 5.32 Å². The van der Waals surface area contributed by atoms with Crippen LogP contribution in [0.5, 0.6) is 0 Å². The van der Waals surface area contributed by atoms with Gasteiger partial charge >= 0.3 is 0 Å². The molecule has 0 heterocycles. The van der Waals surface area contributed by atoms with Gasteiger partial charge in [0, 0.05) is 13.2 Å². The van der Waals surface area contributed by atoms with Crippen LogP contribution in [0.25, 0.3) is 0 Å². The van der Waals surface area contributed by atoms with Crippen molar-refractivity contribution < 1.29 is 9.50 Å². The molecule has 3 nitrogen and oxygen atoms in total. The van der Waals surface area contributed by atoms with Crippen LogP contribution >= 0.6 is 0 Å². The summed E-state index contributed by atoms with van der Waals surface area (Å²) in [4.78, 5) is 0. The number of benzene rings is 1. The van der Waals surface area contributed by atoms with Crippen molar-refractivity contribution in [1.82, 2.24) is 5.32 Å². The van der Waals surface area contributed by atoms with E-state index in [0.717, 1.165) is 24.9 Å². The van der Waals surface area contributed by atoms with Crippen molar-refractivity contribution in [3.8, 4) is 6.07 Å². The summed E-state index contributed by atoms with van der Waals surface area (Å²) in [7, 11) is 0. The van der Waals surface area contributed by atoms with Crippen molar-refractivity contribution >= 4 is 0 Å². The Morgan fingerprint density at radius 1 is 1.50 bits per heavy atom. The van der Waals surface area contributed by atoms with E-state index in [2.05, 4.69) is 5.32 Å². The molecule has 1 atom stereocenters. The van der Waals surface area contributed by atoms with Crippen LogP contribution in [-0.2, 0) is 6.54 Å². The highest BCUT2D eigenvalue weighted by Crippen LogP contribution is 2.09. The minimum Gasteiger partial charge on any atom is -0.396 e. The lowest BCUT2D eigenvalue weighted by Gasteiger charge is -2.08. The van der Waals surface area contributed by atoms with Gasteiger partial charge < -0.3 is 10.4 Å². The highest BCUT2D eigenvalue weighted by Gasteiger charge is 2.03. The lowest BCUT2D eigenvalue weighted by Crippen LogP contribution is -2.16. The smallest absolute Gasteiger partial charge is 0.140 e. The lowest BCUT2D eigenvalue weighted by molar-refractivity contribution is 0.228. The molecule has 1 aromatic rings. The molecule has 2 N–H and O–H groups in total. The standard InChI is InChI=1S/C14H19FN2O/c1-11(10-18)3-2-6-17-9-12-4-5-14(15)13(7-12)8-16/h4-5,7,11,17-18H,2-3,6,9-10H2,1H3. The molecule has 0 aliphatic rings. The fourth-order valence-electron chi connectivity index (χ4n) is 1.67. The topological polar surface area (TPSA) is 56.0 Å². The normalized spacial score (nSPS) is 12.1. The average molecular weight is 250 g/mol. The maximum atomic E-state index is 13.1. The molecule has 0 aliphatic carbocycles. The number of nitrogens with one attached hydrogen (secondary N) is 1. The van der Waals surface area contributed by atoms with E-state index >= 15 is 0 Å². The number of hydrogen-bond donors (Lipinski definition) is 2. The number of nitrogens with zero attached hydrogens (tertiary/aromatic N) is 1. The number of halogens is 1. The first-order valence-electron chi connectivity index (χ1n) is 6.17. The Kier molecular flexibility index (Phi) is 6.34. The van der Waals surface area contributed by atoms with Crippen molar-refractivity contribution in [2.45, 2.75) is 26.3 Å². The summed E-state index contributed by atoms with van der Waals surface area (Å²) < 4.78 is 13.1. The van der Waals surface area contributed by atoms with Crippen LogP contribution in [-0.4, -0.2) is 18.3 Å². The van der Waals surface area contributed by atoms with Gasteiger partial charge in [-0.2, -0.15) is 5.26 Å². The van der Waals surface area contributed by atoms with E-state index in [-0.39, 0.29) is 12.2 Å². The van der Waals surface area contributed by atoms with Gasteiger partial charge in [0.2, 0.25) is 0 Å². The van der Waals surface area contributed by atoms with E-state index in [1.165, 1.54) is 6.07 Å². The van der Waals surface area contributed by atoms with E-state index in [9.17, 15) is 4.39 Å². The molecule has 1 rings (SSSR count). The third-order valence-corrected chi connectivity index (χ3v) is 2.84. The second-order valence-corrected chi connectivity index (χ2v) is 4.53. The number of rotatable bonds is 7. The molecular weight excluding hydrogens is 231 g/mol. The zero-order valence-corrected chi connectivity index (χ0v) is 10.6.